The van der Waals surface area contributed by atoms with Crippen LogP contribution in [0.3, 0.4) is 0 Å². The lowest BCUT2D eigenvalue weighted by atomic mass is 10.1. The number of hydrogen-bond acceptors (Lipinski definition) is 3. The smallest absolute Gasteiger partial charge is 0.335 e. The van der Waals surface area contributed by atoms with Crippen LogP contribution in [0.5, 0.6) is 5.75 Å². The minimum absolute atomic E-state index is 0.283. The van der Waals surface area contributed by atoms with E-state index in [0.717, 1.165) is 22.6 Å². The molecule has 26 heavy (non-hydrogen) atoms. The average Bonchev–Trinajstić information content (AvgIpc) is 2.66. The second-order valence-corrected chi connectivity index (χ2v) is 6.16. The van der Waals surface area contributed by atoms with E-state index in [1.54, 1.807) is 24.3 Å². The molecule has 0 aliphatic carbocycles. The molecule has 0 amide bonds. The summed E-state index contributed by atoms with van der Waals surface area (Å²) in [5.41, 5.74) is 4.67. The van der Waals surface area contributed by atoms with Crippen LogP contribution in [0.2, 0.25) is 0 Å². The van der Waals surface area contributed by atoms with E-state index in [1.165, 1.54) is 5.56 Å². The van der Waals surface area contributed by atoms with Gasteiger partial charge in [-0.1, -0.05) is 42.0 Å². The second-order valence-electron chi connectivity index (χ2n) is 6.16. The number of rotatable bonds is 7. The van der Waals surface area contributed by atoms with E-state index in [9.17, 15) is 4.79 Å². The fourth-order valence-corrected chi connectivity index (χ4v) is 2.61. The van der Waals surface area contributed by atoms with Gasteiger partial charge in [-0.3, -0.25) is 0 Å². The zero-order valence-corrected chi connectivity index (χ0v) is 14.6. The molecule has 0 aliphatic rings. The van der Waals surface area contributed by atoms with Gasteiger partial charge in [-0.15, -0.1) is 0 Å². The highest BCUT2D eigenvalue weighted by Gasteiger charge is 2.02. The number of carbonyl (C=O) groups is 1. The standard InChI is InChI=1S/C22H21NO3/c1-16-3-2-4-18(13-16)15-26-21-11-5-17(6-12-21)14-23-20-9-7-19(8-10-20)22(24)25/h2-13,23H,14-15H2,1H3,(H,24,25). The maximum Gasteiger partial charge on any atom is 0.335 e. The van der Waals surface area contributed by atoms with Crippen LogP contribution in [0.1, 0.15) is 27.0 Å². The molecule has 0 radical (unpaired) electrons. The van der Waals surface area contributed by atoms with Crippen LogP contribution in [0.4, 0.5) is 5.69 Å². The van der Waals surface area contributed by atoms with Crippen LogP contribution in [0, 0.1) is 6.92 Å². The van der Waals surface area contributed by atoms with Gasteiger partial charge in [0.15, 0.2) is 0 Å². The number of ether oxygens (including phenoxy) is 1. The van der Waals surface area contributed by atoms with Gasteiger partial charge in [0.25, 0.3) is 0 Å². The third-order valence-corrected chi connectivity index (χ3v) is 4.04. The molecule has 2 N–H and O–H groups in total. The van der Waals surface area contributed by atoms with E-state index in [4.69, 9.17) is 9.84 Å². The molecule has 132 valence electrons. The van der Waals surface area contributed by atoms with Crippen LogP contribution in [0.25, 0.3) is 0 Å². The molecule has 3 aromatic rings. The summed E-state index contributed by atoms with van der Waals surface area (Å²) in [5, 5.41) is 12.2. The van der Waals surface area contributed by atoms with Crippen molar-refractivity contribution in [2.24, 2.45) is 0 Å². The summed E-state index contributed by atoms with van der Waals surface area (Å²) in [6.45, 7) is 3.28. The molecule has 0 saturated heterocycles. The average molecular weight is 347 g/mol. The van der Waals surface area contributed by atoms with Gasteiger partial charge in [0.1, 0.15) is 12.4 Å². The van der Waals surface area contributed by atoms with Gasteiger partial charge in [0.2, 0.25) is 0 Å². The largest absolute Gasteiger partial charge is 0.489 e. The molecular formula is C22H21NO3. The fraction of sp³-hybridized carbons (Fsp3) is 0.136. The number of carboxylic acids is 1. The van der Waals surface area contributed by atoms with Gasteiger partial charge < -0.3 is 15.2 Å². The summed E-state index contributed by atoms with van der Waals surface area (Å²) in [4.78, 5) is 10.9. The molecule has 0 aliphatic heterocycles. The molecule has 0 fully saturated rings. The Morgan fingerprint density at radius 2 is 1.69 bits per heavy atom. The molecule has 3 rings (SSSR count). The zero-order valence-electron chi connectivity index (χ0n) is 14.6. The lowest BCUT2D eigenvalue weighted by Gasteiger charge is -2.09. The van der Waals surface area contributed by atoms with E-state index in [1.807, 2.05) is 30.3 Å². The molecule has 4 heteroatoms. The molecule has 0 atom stereocenters. The number of anilines is 1. The maximum atomic E-state index is 10.9. The molecule has 4 nitrogen and oxygen atoms in total. The number of carboxylic acid groups (broad SMARTS) is 1. The van der Waals surface area contributed by atoms with Crippen molar-refractivity contribution >= 4 is 11.7 Å². The van der Waals surface area contributed by atoms with Crippen LogP contribution >= 0.6 is 0 Å². The molecule has 3 aromatic carbocycles. The first kappa shape index (κ1) is 17.5. The highest BCUT2D eigenvalue weighted by atomic mass is 16.5. The minimum atomic E-state index is -0.919. The molecule has 0 bridgehead atoms. The van der Waals surface area contributed by atoms with Gasteiger partial charge in [0.05, 0.1) is 5.56 Å². The van der Waals surface area contributed by atoms with Crippen molar-refractivity contribution in [3.8, 4) is 5.75 Å². The lowest BCUT2D eigenvalue weighted by molar-refractivity contribution is 0.0697. The van der Waals surface area contributed by atoms with Crippen LogP contribution in [-0.2, 0) is 13.2 Å². The highest BCUT2D eigenvalue weighted by Crippen LogP contribution is 2.16. The van der Waals surface area contributed by atoms with Gasteiger partial charge >= 0.3 is 5.97 Å². The minimum Gasteiger partial charge on any atom is -0.489 e. The summed E-state index contributed by atoms with van der Waals surface area (Å²) in [5.74, 6) is -0.0844. The molecule has 0 aromatic heterocycles. The van der Waals surface area contributed by atoms with Gasteiger partial charge in [-0.05, 0) is 54.4 Å². The Balaban J connectivity index is 1.51. The first-order valence-electron chi connectivity index (χ1n) is 8.45. The van der Waals surface area contributed by atoms with Crippen LogP contribution < -0.4 is 10.1 Å². The van der Waals surface area contributed by atoms with Crippen molar-refractivity contribution < 1.29 is 14.6 Å². The molecule has 0 unspecified atom stereocenters. The maximum absolute atomic E-state index is 10.9. The predicted octanol–water partition coefficient (Wildman–Crippen LogP) is 4.88. The fourth-order valence-electron chi connectivity index (χ4n) is 2.61. The van der Waals surface area contributed by atoms with Gasteiger partial charge in [-0.2, -0.15) is 0 Å². The van der Waals surface area contributed by atoms with Crippen molar-refractivity contribution in [1.29, 1.82) is 0 Å². The van der Waals surface area contributed by atoms with E-state index in [0.29, 0.717) is 13.2 Å². The first-order chi connectivity index (χ1) is 12.6. The van der Waals surface area contributed by atoms with Crippen LogP contribution in [-0.4, -0.2) is 11.1 Å². The molecule has 0 spiro atoms. The number of benzene rings is 3. The SMILES string of the molecule is Cc1cccc(COc2ccc(CNc3ccc(C(=O)O)cc3)cc2)c1. The highest BCUT2D eigenvalue weighted by molar-refractivity contribution is 5.87. The second kappa shape index (κ2) is 8.21. The number of aromatic carboxylic acids is 1. The van der Waals surface area contributed by atoms with Crippen molar-refractivity contribution in [2.75, 3.05) is 5.32 Å². The Labute approximate surface area is 153 Å². The number of aryl methyl sites for hydroxylation is 1. The lowest BCUT2D eigenvalue weighted by Crippen LogP contribution is -2.01. The topological polar surface area (TPSA) is 58.6 Å². The van der Waals surface area contributed by atoms with Crippen molar-refractivity contribution in [1.82, 2.24) is 0 Å². The van der Waals surface area contributed by atoms with E-state index < -0.39 is 5.97 Å². The Morgan fingerprint density at radius 1 is 0.962 bits per heavy atom. The van der Waals surface area contributed by atoms with Crippen LogP contribution in [0.15, 0.2) is 72.8 Å². The van der Waals surface area contributed by atoms with E-state index in [2.05, 4.69) is 30.4 Å². The van der Waals surface area contributed by atoms with Crippen molar-refractivity contribution in [3.05, 3.63) is 95.1 Å². The first-order valence-corrected chi connectivity index (χ1v) is 8.45. The third kappa shape index (κ3) is 4.86. The van der Waals surface area contributed by atoms with E-state index >= 15 is 0 Å². The Hall–Kier alpha value is -3.27. The van der Waals surface area contributed by atoms with Gasteiger partial charge in [0, 0.05) is 12.2 Å². The molecule has 0 saturated carbocycles. The summed E-state index contributed by atoms with van der Waals surface area (Å²) >= 11 is 0. The summed E-state index contributed by atoms with van der Waals surface area (Å²) < 4.78 is 5.82. The quantitative estimate of drug-likeness (QED) is 0.639. The Morgan fingerprint density at radius 3 is 2.35 bits per heavy atom. The van der Waals surface area contributed by atoms with Crippen molar-refractivity contribution in [3.63, 3.8) is 0 Å². The molecule has 0 heterocycles. The predicted molar refractivity (Wildman–Crippen MR) is 103 cm³/mol. The molecular weight excluding hydrogens is 326 g/mol. The zero-order chi connectivity index (χ0) is 18.4. The van der Waals surface area contributed by atoms with Gasteiger partial charge in [-0.25, -0.2) is 4.79 Å². The number of hydrogen-bond donors (Lipinski definition) is 2. The third-order valence-electron chi connectivity index (χ3n) is 4.04. The normalized spacial score (nSPS) is 10.3. The summed E-state index contributed by atoms with van der Waals surface area (Å²) in [6, 6.07) is 22.9. The summed E-state index contributed by atoms with van der Waals surface area (Å²) in [6.07, 6.45) is 0. The summed E-state index contributed by atoms with van der Waals surface area (Å²) in [7, 11) is 0. The number of nitrogens with one attached hydrogen (secondary N) is 1. The Bertz CT molecular complexity index is 871. The Kier molecular flexibility index (Phi) is 5.54. The van der Waals surface area contributed by atoms with E-state index in [-0.39, 0.29) is 5.56 Å². The monoisotopic (exact) mass is 347 g/mol. The van der Waals surface area contributed by atoms with Crippen molar-refractivity contribution in [2.45, 2.75) is 20.1 Å².